The van der Waals surface area contributed by atoms with Crippen LogP contribution in [0.25, 0.3) is 4.96 Å². The van der Waals surface area contributed by atoms with Gasteiger partial charge in [-0.05, 0) is 38.4 Å². The van der Waals surface area contributed by atoms with Crippen LogP contribution >= 0.6 is 22.7 Å². The Bertz CT molecular complexity index is 1200. The van der Waals surface area contributed by atoms with E-state index in [2.05, 4.69) is 55.2 Å². The van der Waals surface area contributed by atoms with Gasteiger partial charge in [-0.2, -0.15) is 5.26 Å². The molecular weight excluding hydrogens is 402 g/mol. The van der Waals surface area contributed by atoms with Gasteiger partial charge >= 0.3 is 0 Å². The monoisotopic (exact) mass is 421 g/mol. The van der Waals surface area contributed by atoms with E-state index in [9.17, 15) is 0 Å². The first-order chi connectivity index (χ1) is 14.2. The van der Waals surface area contributed by atoms with Crippen LogP contribution in [0.15, 0.2) is 36.0 Å². The number of pyridine rings is 1. The molecule has 0 amide bonds. The summed E-state index contributed by atoms with van der Waals surface area (Å²) in [5, 5.41) is 15.0. The Balaban J connectivity index is 1.37. The quantitative estimate of drug-likeness (QED) is 0.511. The van der Waals surface area contributed by atoms with Gasteiger partial charge in [-0.3, -0.25) is 9.30 Å². The molecule has 5 heterocycles. The van der Waals surface area contributed by atoms with Crippen molar-refractivity contribution in [3.8, 4) is 6.07 Å². The van der Waals surface area contributed by atoms with Gasteiger partial charge in [0, 0.05) is 18.1 Å². The van der Waals surface area contributed by atoms with Crippen molar-refractivity contribution in [3.05, 3.63) is 57.9 Å². The Morgan fingerprint density at radius 2 is 2.28 bits per heavy atom. The minimum Gasteiger partial charge on any atom is -0.316 e. The number of fused-ring (bicyclic) bond motifs is 1. The number of thiazole rings is 2. The van der Waals surface area contributed by atoms with Crippen LogP contribution in [-0.4, -0.2) is 30.8 Å². The maximum absolute atomic E-state index is 8.98. The summed E-state index contributed by atoms with van der Waals surface area (Å²) in [6, 6.07) is 8.46. The third-order valence-electron chi connectivity index (χ3n) is 5.24. The largest absolute Gasteiger partial charge is 0.316 e. The molecule has 1 unspecified atom stereocenters. The van der Waals surface area contributed by atoms with Crippen LogP contribution in [0.3, 0.4) is 0 Å². The standard InChI is InChI=1S/C20H19N7S2/c1-13-17(27-8-9-28-20(27)23-13)12-26-7-3-5-16(26)15-4-2-6-18(24-15)25-19-22-11-14(10-21)29-19/h2,4,6,8-9,11,16H,3,5,7,12H2,1H3,(H,22,24,25). The lowest BCUT2D eigenvalue weighted by molar-refractivity contribution is 0.240. The molecule has 146 valence electrons. The molecule has 0 aromatic carbocycles. The molecule has 0 aliphatic carbocycles. The van der Waals surface area contributed by atoms with Crippen molar-refractivity contribution in [2.45, 2.75) is 32.4 Å². The fourth-order valence-electron chi connectivity index (χ4n) is 3.87. The number of likely N-dealkylation sites (tertiary alicyclic amines) is 1. The smallest absolute Gasteiger partial charge is 0.194 e. The molecule has 1 saturated heterocycles. The van der Waals surface area contributed by atoms with Gasteiger partial charge in [-0.25, -0.2) is 15.0 Å². The van der Waals surface area contributed by atoms with Gasteiger partial charge in [0.15, 0.2) is 10.1 Å². The van der Waals surface area contributed by atoms with E-state index in [1.54, 1.807) is 17.5 Å². The molecule has 1 fully saturated rings. The summed E-state index contributed by atoms with van der Waals surface area (Å²) in [5.74, 6) is 0.758. The van der Waals surface area contributed by atoms with Crippen LogP contribution in [0, 0.1) is 18.3 Å². The Morgan fingerprint density at radius 3 is 3.14 bits per heavy atom. The summed E-state index contributed by atoms with van der Waals surface area (Å²) in [4.78, 5) is 17.9. The molecule has 0 radical (unpaired) electrons. The lowest BCUT2D eigenvalue weighted by atomic mass is 10.1. The molecule has 0 bridgehead atoms. The Labute approximate surface area is 176 Å². The molecule has 0 saturated carbocycles. The number of aryl methyl sites for hydroxylation is 1. The number of aromatic nitrogens is 4. The number of hydrogen-bond donors (Lipinski definition) is 1. The molecule has 1 atom stereocenters. The number of imidazole rings is 1. The summed E-state index contributed by atoms with van der Waals surface area (Å²) in [6.45, 7) is 4.01. The second-order valence-electron chi connectivity index (χ2n) is 7.04. The molecular formula is C20H19N7S2. The van der Waals surface area contributed by atoms with E-state index < -0.39 is 0 Å². The van der Waals surface area contributed by atoms with E-state index >= 15 is 0 Å². The summed E-state index contributed by atoms with van der Waals surface area (Å²) in [6.07, 6.45) is 5.94. The van der Waals surface area contributed by atoms with Crippen LogP contribution in [0.5, 0.6) is 0 Å². The van der Waals surface area contributed by atoms with Gasteiger partial charge in [-0.1, -0.05) is 17.4 Å². The van der Waals surface area contributed by atoms with E-state index in [4.69, 9.17) is 10.2 Å². The molecule has 1 aliphatic heterocycles. The lowest BCUT2D eigenvalue weighted by Crippen LogP contribution is -2.24. The van der Waals surface area contributed by atoms with E-state index in [0.29, 0.717) is 10.0 Å². The second-order valence-corrected chi connectivity index (χ2v) is 8.95. The number of anilines is 2. The zero-order valence-corrected chi connectivity index (χ0v) is 17.5. The highest BCUT2D eigenvalue weighted by atomic mass is 32.1. The SMILES string of the molecule is Cc1nc2sccn2c1CN1CCCC1c1cccc(Nc2ncc(C#N)s2)n1. The van der Waals surface area contributed by atoms with Gasteiger partial charge in [0.25, 0.3) is 0 Å². The van der Waals surface area contributed by atoms with Crippen LogP contribution in [0.4, 0.5) is 10.9 Å². The zero-order chi connectivity index (χ0) is 19.8. The summed E-state index contributed by atoms with van der Waals surface area (Å²) >= 11 is 3.00. The van der Waals surface area contributed by atoms with Gasteiger partial charge in [0.1, 0.15) is 16.8 Å². The lowest BCUT2D eigenvalue weighted by Gasteiger charge is -2.24. The van der Waals surface area contributed by atoms with Crippen molar-refractivity contribution >= 4 is 38.6 Å². The molecule has 29 heavy (non-hydrogen) atoms. The minimum atomic E-state index is 0.284. The van der Waals surface area contributed by atoms with Crippen molar-refractivity contribution in [1.29, 1.82) is 5.26 Å². The summed E-state index contributed by atoms with van der Waals surface area (Å²) in [5.41, 5.74) is 3.42. The number of hydrogen-bond acceptors (Lipinski definition) is 8. The first-order valence-corrected chi connectivity index (χ1v) is 11.2. The van der Waals surface area contributed by atoms with Crippen molar-refractivity contribution in [3.63, 3.8) is 0 Å². The predicted molar refractivity (Wildman–Crippen MR) is 115 cm³/mol. The number of nitrogens with one attached hydrogen (secondary N) is 1. The highest BCUT2D eigenvalue weighted by molar-refractivity contribution is 7.16. The topological polar surface area (TPSA) is 82.1 Å². The molecule has 4 aromatic heterocycles. The molecule has 9 heteroatoms. The Kier molecular flexibility index (Phi) is 4.75. The zero-order valence-electron chi connectivity index (χ0n) is 15.9. The van der Waals surface area contributed by atoms with E-state index in [1.165, 1.54) is 17.0 Å². The van der Waals surface area contributed by atoms with Crippen LogP contribution in [0.2, 0.25) is 0 Å². The predicted octanol–water partition coefficient (Wildman–Crippen LogP) is 4.51. The van der Waals surface area contributed by atoms with Crippen molar-refractivity contribution in [1.82, 2.24) is 24.3 Å². The third-order valence-corrected chi connectivity index (χ3v) is 6.81. The highest BCUT2D eigenvalue weighted by Gasteiger charge is 2.28. The third kappa shape index (κ3) is 3.51. The average Bonchev–Trinajstić information content (AvgIpc) is 3.49. The Morgan fingerprint density at radius 1 is 1.34 bits per heavy atom. The van der Waals surface area contributed by atoms with Crippen molar-refractivity contribution < 1.29 is 0 Å². The highest BCUT2D eigenvalue weighted by Crippen LogP contribution is 2.34. The first kappa shape index (κ1) is 18.2. The van der Waals surface area contributed by atoms with E-state index in [1.807, 2.05) is 12.1 Å². The number of nitriles is 1. The maximum atomic E-state index is 8.98. The fraction of sp³-hybridized carbons (Fsp3) is 0.300. The van der Waals surface area contributed by atoms with E-state index in [0.717, 1.165) is 48.1 Å². The molecule has 0 spiro atoms. The van der Waals surface area contributed by atoms with Gasteiger partial charge in [0.2, 0.25) is 0 Å². The normalized spacial score (nSPS) is 17.0. The number of rotatable bonds is 5. The molecule has 5 rings (SSSR count). The fourth-order valence-corrected chi connectivity index (χ4v) is 5.27. The molecule has 1 N–H and O–H groups in total. The van der Waals surface area contributed by atoms with E-state index in [-0.39, 0.29) is 6.04 Å². The van der Waals surface area contributed by atoms with Gasteiger partial charge < -0.3 is 5.32 Å². The molecule has 7 nitrogen and oxygen atoms in total. The van der Waals surface area contributed by atoms with Crippen LogP contribution in [0.1, 0.15) is 40.8 Å². The van der Waals surface area contributed by atoms with Crippen molar-refractivity contribution in [2.75, 3.05) is 11.9 Å². The summed E-state index contributed by atoms with van der Waals surface area (Å²) < 4.78 is 2.20. The molecule has 1 aliphatic rings. The van der Waals surface area contributed by atoms with Crippen LogP contribution < -0.4 is 5.32 Å². The summed E-state index contributed by atoms with van der Waals surface area (Å²) in [7, 11) is 0. The molecule has 4 aromatic rings. The second kappa shape index (κ2) is 7.55. The Hall–Kier alpha value is -2.80. The van der Waals surface area contributed by atoms with Crippen molar-refractivity contribution in [2.24, 2.45) is 0 Å². The van der Waals surface area contributed by atoms with Gasteiger partial charge in [0.05, 0.1) is 29.3 Å². The number of nitrogens with zero attached hydrogens (tertiary/aromatic N) is 6. The first-order valence-electron chi connectivity index (χ1n) is 9.46. The van der Waals surface area contributed by atoms with Gasteiger partial charge in [-0.15, -0.1) is 11.3 Å². The minimum absolute atomic E-state index is 0.284. The maximum Gasteiger partial charge on any atom is 0.194 e. The average molecular weight is 422 g/mol. The van der Waals surface area contributed by atoms with Crippen LogP contribution in [-0.2, 0) is 6.54 Å².